The topological polar surface area (TPSA) is 17.1 Å². The molecule has 1 aromatic carbocycles. The Kier molecular flexibility index (Phi) is 3.23. The van der Waals surface area contributed by atoms with Gasteiger partial charge in [0.1, 0.15) is 12.1 Å². The highest BCUT2D eigenvalue weighted by atomic mass is 35.5. The van der Waals surface area contributed by atoms with Crippen LogP contribution in [0.3, 0.4) is 0 Å². The highest BCUT2D eigenvalue weighted by Gasteiger charge is 2.00. The first-order valence-corrected chi connectivity index (χ1v) is 3.99. The number of aryl methyl sites for hydroxylation is 1. The quantitative estimate of drug-likeness (QED) is 0.664. The molecule has 0 spiro atoms. The maximum atomic E-state index is 12.6. The zero-order valence-electron chi connectivity index (χ0n) is 6.39. The number of hydrogen-bond donors (Lipinski definition) is 0. The summed E-state index contributed by atoms with van der Waals surface area (Å²) in [6, 6.07) is 4.15. The van der Waals surface area contributed by atoms with Crippen LogP contribution in [0.2, 0.25) is 5.02 Å². The van der Waals surface area contributed by atoms with Crippen molar-refractivity contribution in [1.29, 1.82) is 0 Å². The van der Waals surface area contributed by atoms with Crippen LogP contribution in [0.15, 0.2) is 18.2 Å². The zero-order valence-corrected chi connectivity index (χ0v) is 7.14. The van der Waals surface area contributed by atoms with E-state index in [0.29, 0.717) is 23.4 Å². The van der Waals surface area contributed by atoms with E-state index in [1.54, 1.807) is 0 Å². The lowest BCUT2D eigenvalue weighted by atomic mass is 10.1. The molecule has 12 heavy (non-hydrogen) atoms. The molecule has 0 bridgehead atoms. The van der Waals surface area contributed by atoms with Gasteiger partial charge in [0.25, 0.3) is 0 Å². The van der Waals surface area contributed by atoms with Gasteiger partial charge in [-0.3, -0.25) is 0 Å². The summed E-state index contributed by atoms with van der Waals surface area (Å²) in [6.07, 6.45) is 1.67. The average Bonchev–Trinajstić information content (AvgIpc) is 2.07. The number of carbonyl (C=O) groups excluding carboxylic acids is 1. The van der Waals surface area contributed by atoms with Crippen molar-refractivity contribution in [2.45, 2.75) is 12.8 Å². The van der Waals surface area contributed by atoms with Gasteiger partial charge in [-0.25, -0.2) is 4.39 Å². The van der Waals surface area contributed by atoms with Crippen molar-refractivity contribution in [3.8, 4) is 0 Å². The predicted molar refractivity (Wildman–Crippen MR) is 45.8 cm³/mol. The summed E-state index contributed by atoms with van der Waals surface area (Å²) in [4.78, 5) is 10.0. The lowest BCUT2D eigenvalue weighted by Gasteiger charge is -2.00. The smallest absolute Gasteiger partial charge is 0.123 e. The first-order chi connectivity index (χ1) is 5.74. The van der Waals surface area contributed by atoms with Crippen LogP contribution in [-0.2, 0) is 11.2 Å². The van der Waals surface area contributed by atoms with Crippen molar-refractivity contribution in [3.05, 3.63) is 34.6 Å². The third kappa shape index (κ3) is 2.31. The summed E-state index contributed by atoms with van der Waals surface area (Å²) in [7, 11) is 0. The first-order valence-electron chi connectivity index (χ1n) is 3.61. The highest BCUT2D eigenvalue weighted by Crippen LogP contribution is 2.17. The minimum Gasteiger partial charge on any atom is -0.303 e. The number of benzene rings is 1. The number of hydrogen-bond acceptors (Lipinski definition) is 1. The molecule has 1 rings (SSSR count). The average molecular weight is 187 g/mol. The van der Waals surface area contributed by atoms with Gasteiger partial charge in [0.05, 0.1) is 0 Å². The molecule has 64 valence electrons. The van der Waals surface area contributed by atoms with Gasteiger partial charge in [-0.1, -0.05) is 11.6 Å². The van der Waals surface area contributed by atoms with Crippen LogP contribution in [0.25, 0.3) is 0 Å². The summed E-state index contributed by atoms with van der Waals surface area (Å²) >= 11 is 5.75. The fourth-order valence-corrected chi connectivity index (χ4v) is 1.16. The molecule has 0 amide bonds. The largest absolute Gasteiger partial charge is 0.303 e. The molecule has 0 fully saturated rings. The van der Waals surface area contributed by atoms with Crippen molar-refractivity contribution >= 4 is 17.9 Å². The Labute approximate surface area is 75.2 Å². The molecule has 0 atom stereocenters. The van der Waals surface area contributed by atoms with E-state index in [9.17, 15) is 9.18 Å². The van der Waals surface area contributed by atoms with Gasteiger partial charge < -0.3 is 4.79 Å². The molecule has 3 heteroatoms. The summed E-state index contributed by atoms with van der Waals surface area (Å²) in [5, 5.41) is 0.512. The van der Waals surface area contributed by atoms with Crippen molar-refractivity contribution in [2.24, 2.45) is 0 Å². The molecule has 0 saturated carbocycles. The molecule has 0 radical (unpaired) electrons. The highest BCUT2D eigenvalue weighted by molar-refractivity contribution is 6.31. The Bertz CT molecular complexity index is 286. The second-order valence-corrected chi connectivity index (χ2v) is 2.85. The van der Waals surface area contributed by atoms with Crippen molar-refractivity contribution in [1.82, 2.24) is 0 Å². The lowest BCUT2D eigenvalue weighted by molar-refractivity contribution is -0.107. The van der Waals surface area contributed by atoms with E-state index in [2.05, 4.69) is 0 Å². The SMILES string of the molecule is O=CCCc1cc(F)ccc1Cl. The van der Waals surface area contributed by atoms with Gasteiger partial charge in [-0.2, -0.15) is 0 Å². The van der Waals surface area contributed by atoms with Crippen LogP contribution >= 0.6 is 11.6 Å². The number of aldehydes is 1. The molecule has 0 unspecified atom stereocenters. The Morgan fingerprint density at radius 2 is 2.25 bits per heavy atom. The van der Waals surface area contributed by atoms with Crippen LogP contribution in [-0.4, -0.2) is 6.29 Å². The fourth-order valence-electron chi connectivity index (χ4n) is 0.949. The monoisotopic (exact) mass is 186 g/mol. The summed E-state index contributed by atoms with van der Waals surface area (Å²) in [5.74, 6) is -0.319. The first kappa shape index (κ1) is 9.20. The van der Waals surface area contributed by atoms with Crippen molar-refractivity contribution < 1.29 is 9.18 Å². The van der Waals surface area contributed by atoms with Crippen LogP contribution in [0.1, 0.15) is 12.0 Å². The van der Waals surface area contributed by atoms with Gasteiger partial charge in [0.2, 0.25) is 0 Å². The van der Waals surface area contributed by atoms with E-state index < -0.39 is 0 Å². The van der Waals surface area contributed by atoms with Gasteiger partial charge in [-0.05, 0) is 30.2 Å². The van der Waals surface area contributed by atoms with Crippen molar-refractivity contribution in [3.63, 3.8) is 0 Å². The number of carbonyl (C=O) groups is 1. The minimum atomic E-state index is -0.319. The third-order valence-corrected chi connectivity index (χ3v) is 1.91. The van der Waals surface area contributed by atoms with Crippen LogP contribution < -0.4 is 0 Å². The normalized spacial score (nSPS) is 9.83. The van der Waals surface area contributed by atoms with Gasteiger partial charge in [-0.15, -0.1) is 0 Å². The van der Waals surface area contributed by atoms with Gasteiger partial charge in [0, 0.05) is 11.4 Å². The third-order valence-electron chi connectivity index (χ3n) is 1.54. The molecule has 0 aromatic heterocycles. The summed E-state index contributed by atoms with van der Waals surface area (Å²) in [6.45, 7) is 0. The van der Waals surface area contributed by atoms with Crippen LogP contribution in [0, 0.1) is 5.82 Å². The van der Waals surface area contributed by atoms with Crippen molar-refractivity contribution in [2.75, 3.05) is 0 Å². The van der Waals surface area contributed by atoms with E-state index in [4.69, 9.17) is 11.6 Å². The standard InChI is InChI=1S/C9H8ClFO/c10-9-4-3-8(11)6-7(9)2-1-5-12/h3-6H,1-2H2. The molecule has 0 heterocycles. The van der Waals surface area contributed by atoms with Crippen LogP contribution in [0.4, 0.5) is 4.39 Å². The Morgan fingerprint density at radius 3 is 2.92 bits per heavy atom. The second-order valence-electron chi connectivity index (χ2n) is 2.44. The Balaban J connectivity index is 2.82. The Hall–Kier alpha value is -0.890. The zero-order chi connectivity index (χ0) is 8.97. The molecule has 1 aromatic rings. The fraction of sp³-hybridized carbons (Fsp3) is 0.222. The van der Waals surface area contributed by atoms with E-state index >= 15 is 0 Å². The predicted octanol–water partition coefficient (Wildman–Crippen LogP) is 2.61. The molecular formula is C9H8ClFO. The summed E-state index contributed by atoms with van der Waals surface area (Å²) < 4.78 is 12.6. The maximum Gasteiger partial charge on any atom is 0.123 e. The molecule has 0 aliphatic rings. The van der Waals surface area contributed by atoms with E-state index in [-0.39, 0.29) is 5.82 Å². The van der Waals surface area contributed by atoms with Crippen LogP contribution in [0.5, 0.6) is 0 Å². The molecule has 1 nitrogen and oxygen atoms in total. The molecule has 0 N–H and O–H groups in total. The second kappa shape index (κ2) is 4.21. The minimum absolute atomic E-state index is 0.319. The number of halogens is 2. The number of rotatable bonds is 3. The Morgan fingerprint density at radius 1 is 1.50 bits per heavy atom. The van der Waals surface area contributed by atoms with E-state index in [0.717, 1.165) is 6.29 Å². The lowest BCUT2D eigenvalue weighted by Crippen LogP contribution is -1.88. The molecule has 0 saturated heterocycles. The van der Waals surface area contributed by atoms with Gasteiger partial charge in [0.15, 0.2) is 0 Å². The molecule has 0 aliphatic heterocycles. The molecule has 0 aliphatic carbocycles. The molecular weight excluding hydrogens is 179 g/mol. The van der Waals surface area contributed by atoms with E-state index in [1.807, 2.05) is 0 Å². The summed E-state index contributed by atoms with van der Waals surface area (Å²) in [5.41, 5.74) is 0.684. The van der Waals surface area contributed by atoms with Gasteiger partial charge >= 0.3 is 0 Å². The maximum absolute atomic E-state index is 12.6. The van der Waals surface area contributed by atoms with E-state index in [1.165, 1.54) is 18.2 Å².